The standard InChI is InChI=1S/C18H13FN2O6/c1-24-15-9-12-16(18-17(15)25-6-7-26-18)14(4-5-20-12)27-10-2-3-13(21(22)23)11(19)8-10/h2-5,8-9H,6-7H2,1H3. The fourth-order valence-corrected chi connectivity index (χ4v) is 2.84. The maximum atomic E-state index is 13.9. The number of pyridine rings is 1. The Labute approximate surface area is 152 Å². The lowest BCUT2D eigenvalue weighted by Gasteiger charge is -2.23. The van der Waals surface area contributed by atoms with Gasteiger partial charge in [0.25, 0.3) is 0 Å². The van der Waals surface area contributed by atoms with Crippen LogP contribution in [0.25, 0.3) is 10.9 Å². The zero-order chi connectivity index (χ0) is 19.0. The van der Waals surface area contributed by atoms with Gasteiger partial charge in [-0.2, -0.15) is 4.39 Å². The van der Waals surface area contributed by atoms with Crippen LogP contribution in [0.4, 0.5) is 10.1 Å². The number of aromatic nitrogens is 1. The third-order valence-electron chi connectivity index (χ3n) is 4.01. The minimum atomic E-state index is -0.987. The molecule has 1 aliphatic heterocycles. The van der Waals surface area contributed by atoms with Gasteiger partial charge in [0.05, 0.1) is 22.9 Å². The Morgan fingerprint density at radius 2 is 1.93 bits per heavy atom. The topological polar surface area (TPSA) is 93.0 Å². The van der Waals surface area contributed by atoms with Crippen molar-refractivity contribution in [1.29, 1.82) is 0 Å². The van der Waals surface area contributed by atoms with Crippen molar-refractivity contribution in [2.75, 3.05) is 20.3 Å². The molecule has 0 bridgehead atoms. The molecule has 3 aromatic rings. The van der Waals surface area contributed by atoms with Gasteiger partial charge in [-0.3, -0.25) is 15.1 Å². The van der Waals surface area contributed by atoms with Crippen molar-refractivity contribution >= 4 is 16.6 Å². The number of nitrogens with zero attached hydrogens (tertiary/aromatic N) is 2. The fraction of sp³-hybridized carbons (Fsp3) is 0.167. The molecule has 27 heavy (non-hydrogen) atoms. The molecule has 0 amide bonds. The third-order valence-corrected chi connectivity index (χ3v) is 4.01. The van der Waals surface area contributed by atoms with E-state index < -0.39 is 16.4 Å². The normalized spacial score (nSPS) is 12.7. The zero-order valence-electron chi connectivity index (χ0n) is 14.1. The molecule has 0 radical (unpaired) electrons. The lowest BCUT2D eigenvalue weighted by atomic mass is 10.1. The van der Waals surface area contributed by atoms with Crippen LogP contribution in [0, 0.1) is 15.9 Å². The van der Waals surface area contributed by atoms with Crippen molar-refractivity contribution < 1.29 is 28.3 Å². The molecule has 2 heterocycles. The molecule has 1 aromatic heterocycles. The van der Waals surface area contributed by atoms with Crippen LogP contribution in [-0.4, -0.2) is 30.2 Å². The second kappa shape index (κ2) is 6.60. The molecular weight excluding hydrogens is 359 g/mol. The Balaban J connectivity index is 1.83. The molecule has 0 fully saturated rings. The maximum absolute atomic E-state index is 13.9. The third kappa shape index (κ3) is 2.92. The van der Waals surface area contributed by atoms with Gasteiger partial charge in [-0.1, -0.05) is 0 Å². The molecule has 0 saturated carbocycles. The number of nitro benzene ring substituents is 1. The number of benzene rings is 2. The summed E-state index contributed by atoms with van der Waals surface area (Å²) in [7, 11) is 1.51. The number of nitro groups is 1. The Morgan fingerprint density at radius 3 is 2.63 bits per heavy atom. The Morgan fingerprint density at radius 1 is 1.15 bits per heavy atom. The summed E-state index contributed by atoms with van der Waals surface area (Å²) in [6, 6.07) is 6.60. The van der Waals surface area contributed by atoms with Crippen LogP contribution in [0.1, 0.15) is 0 Å². The number of fused-ring (bicyclic) bond motifs is 3. The van der Waals surface area contributed by atoms with Gasteiger partial charge in [-0.05, 0) is 12.1 Å². The molecule has 0 unspecified atom stereocenters. The van der Waals surface area contributed by atoms with E-state index in [4.69, 9.17) is 18.9 Å². The summed E-state index contributed by atoms with van der Waals surface area (Å²) in [5.41, 5.74) is -0.0863. The van der Waals surface area contributed by atoms with E-state index >= 15 is 0 Å². The van der Waals surface area contributed by atoms with Crippen molar-refractivity contribution in [3.05, 3.63) is 52.5 Å². The molecule has 0 aliphatic carbocycles. The zero-order valence-corrected chi connectivity index (χ0v) is 14.1. The van der Waals surface area contributed by atoms with E-state index in [-0.39, 0.29) is 5.75 Å². The lowest BCUT2D eigenvalue weighted by Crippen LogP contribution is -2.16. The van der Waals surface area contributed by atoms with Crippen LogP contribution in [-0.2, 0) is 0 Å². The second-order valence-electron chi connectivity index (χ2n) is 5.61. The van der Waals surface area contributed by atoms with Crippen LogP contribution >= 0.6 is 0 Å². The molecule has 4 rings (SSSR count). The van der Waals surface area contributed by atoms with Crippen LogP contribution in [0.5, 0.6) is 28.7 Å². The van der Waals surface area contributed by atoms with Crippen molar-refractivity contribution in [1.82, 2.24) is 4.98 Å². The number of hydrogen-bond donors (Lipinski definition) is 0. The summed E-state index contributed by atoms with van der Waals surface area (Å²) >= 11 is 0. The molecular formula is C18H13FN2O6. The monoisotopic (exact) mass is 372 g/mol. The largest absolute Gasteiger partial charge is 0.493 e. The van der Waals surface area contributed by atoms with Gasteiger partial charge in [0.1, 0.15) is 24.7 Å². The first-order valence-electron chi connectivity index (χ1n) is 7.95. The van der Waals surface area contributed by atoms with Gasteiger partial charge in [0, 0.05) is 24.4 Å². The maximum Gasteiger partial charge on any atom is 0.305 e. The van der Waals surface area contributed by atoms with E-state index in [9.17, 15) is 14.5 Å². The van der Waals surface area contributed by atoms with Crippen molar-refractivity contribution in [2.24, 2.45) is 0 Å². The summed E-state index contributed by atoms with van der Waals surface area (Å²) in [5.74, 6) is 0.789. The van der Waals surface area contributed by atoms with Gasteiger partial charge < -0.3 is 18.9 Å². The van der Waals surface area contributed by atoms with E-state index in [1.807, 2.05) is 0 Å². The molecule has 0 N–H and O–H groups in total. The van der Waals surface area contributed by atoms with E-state index in [0.717, 1.165) is 12.1 Å². The van der Waals surface area contributed by atoms with Gasteiger partial charge in [-0.25, -0.2) is 0 Å². The Hall–Kier alpha value is -3.62. The number of halogens is 1. The summed E-state index contributed by atoms with van der Waals surface area (Å²) in [6.45, 7) is 0.717. The quantitative estimate of drug-likeness (QED) is 0.507. The number of methoxy groups -OCH3 is 1. The van der Waals surface area contributed by atoms with E-state index in [2.05, 4.69) is 4.98 Å². The Kier molecular flexibility index (Phi) is 4.11. The molecule has 1 aliphatic rings. The highest BCUT2D eigenvalue weighted by Crippen LogP contribution is 2.48. The van der Waals surface area contributed by atoms with E-state index in [0.29, 0.717) is 47.1 Å². The van der Waals surface area contributed by atoms with Crippen LogP contribution < -0.4 is 18.9 Å². The van der Waals surface area contributed by atoms with Crippen molar-refractivity contribution in [3.8, 4) is 28.7 Å². The molecule has 9 heteroatoms. The Bertz CT molecular complexity index is 1060. The first kappa shape index (κ1) is 16.8. The molecule has 2 aromatic carbocycles. The van der Waals surface area contributed by atoms with E-state index in [1.54, 1.807) is 12.1 Å². The van der Waals surface area contributed by atoms with Crippen LogP contribution in [0.2, 0.25) is 0 Å². The number of ether oxygens (including phenoxy) is 4. The molecule has 0 atom stereocenters. The lowest BCUT2D eigenvalue weighted by molar-refractivity contribution is -0.387. The summed E-state index contributed by atoms with van der Waals surface area (Å²) in [5, 5.41) is 11.3. The smallest absolute Gasteiger partial charge is 0.305 e. The highest BCUT2D eigenvalue weighted by Gasteiger charge is 2.24. The van der Waals surface area contributed by atoms with Gasteiger partial charge >= 0.3 is 5.69 Å². The second-order valence-corrected chi connectivity index (χ2v) is 5.61. The van der Waals surface area contributed by atoms with E-state index in [1.165, 1.54) is 19.4 Å². The SMILES string of the molecule is COc1cc2nccc(Oc3ccc([N+](=O)[O-])c(F)c3)c2c2c1OCCO2. The van der Waals surface area contributed by atoms with Crippen molar-refractivity contribution in [3.63, 3.8) is 0 Å². The van der Waals surface area contributed by atoms with Gasteiger partial charge in [0.2, 0.25) is 11.6 Å². The average molecular weight is 372 g/mol. The molecule has 0 spiro atoms. The first-order chi connectivity index (χ1) is 13.1. The predicted molar refractivity (Wildman–Crippen MR) is 92.4 cm³/mol. The summed E-state index contributed by atoms with van der Waals surface area (Å²) in [6.07, 6.45) is 1.52. The average Bonchev–Trinajstić information content (AvgIpc) is 2.67. The first-order valence-corrected chi connectivity index (χ1v) is 7.95. The van der Waals surface area contributed by atoms with Crippen LogP contribution in [0.15, 0.2) is 36.5 Å². The number of rotatable bonds is 4. The molecule has 138 valence electrons. The minimum absolute atomic E-state index is 0.104. The summed E-state index contributed by atoms with van der Waals surface area (Å²) in [4.78, 5) is 14.3. The van der Waals surface area contributed by atoms with Gasteiger partial charge in [0.15, 0.2) is 11.5 Å². The fourth-order valence-electron chi connectivity index (χ4n) is 2.84. The predicted octanol–water partition coefficient (Wildman–Crippen LogP) is 3.85. The molecule has 0 saturated heterocycles. The highest BCUT2D eigenvalue weighted by molar-refractivity contribution is 5.95. The highest BCUT2D eigenvalue weighted by atomic mass is 19.1. The van der Waals surface area contributed by atoms with Crippen LogP contribution in [0.3, 0.4) is 0 Å². The van der Waals surface area contributed by atoms with Gasteiger partial charge in [-0.15, -0.1) is 0 Å². The number of hydrogen-bond acceptors (Lipinski definition) is 7. The molecule has 8 nitrogen and oxygen atoms in total. The van der Waals surface area contributed by atoms with Crippen molar-refractivity contribution in [2.45, 2.75) is 0 Å². The summed E-state index contributed by atoms with van der Waals surface area (Å²) < 4.78 is 36.4. The minimum Gasteiger partial charge on any atom is -0.493 e.